The Morgan fingerprint density at radius 2 is 1.71 bits per heavy atom. The Hall–Kier alpha value is -1.10. The molecule has 0 bridgehead atoms. The number of esters is 2. The van der Waals surface area contributed by atoms with Crippen molar-refractivity contribution in [3.8, 4) is 0 Å². The third kappa shape index (κ3) is 2.68. The van der Waals surface area contributed by atoms with E-state index >= 15 is 0 Å². The van der Waals surface area contributed by atoms with Gasteiger partial charge in [0.25, 0.3) is 0 Å². The molecule has 5 nitrogen and oxygen atoms in total. The topological polar surface area (TPSA) is 72.8 Å². The molecule has 8 atom stereocenters. The van der Waals surface area contributed by atoms with E-state index in [4.69, 9.17) is 9.47 Å². The van der Waals surface area contributed by atoms with E-state index in [1.807, 2.05) is 0 Å². The van der Waals surface area contributed by atoms with Crippen molar-refractivity contribution < 1.29 is 24.2 Å². The molecule has 4 aliphatic carbocycles. The van der Waals surface area contributed by atoms with E-state index in [1.54, 1.807) is 0 Å². The van der Waals surface area contributed by atoms with Gasteiger partial charge in [0, 0.05) is 12.3 Å². The second-order valence-electron chi connectivity index (χ2n) is 10.5. The number of carbonyl (C=O) groups is 2. The summed E-state index contributed by atoms with van der Waals surface area (Å²) in [5.41, 5.74) is -0.950. The molecule has 4 aliphatic rings. The second kappa shape index (κ2) is 6.72. The second-order valence-corrected chi connectivity index (χ2v) is 10.5. The van der Waals surface area contributed by atoms with Gasteiger partial charge in [-0.15, -0.1) is 0 Å². The summed E-state index contributed by atoms with van der Waals surface area (Å²) in [6.45, 7) is 6.04. The van der Waals surface area contributed by atoms with E-state index in [0.29, 0.717) is 18.3 Å². The highest BCUT2D eigenvalue weighted by Crippen LogP contribution is 2.69. The van der Waals surface area contributed by atoms with Crippen molar-refractivity contribution in [2.75, 3.05) is 7.11 Å². The van der Waals surface area contributed by atoms with Gasteiger partial charge in [-0.2, -0.15) is 0 Å². The average Bonchev–Trinajstić information content (AvgIpc) is 2.92. The van der Waals surface area contributed by atoms with Crippen LogP contribution in [0.2, 0.25) is 0 Å². The van der Waals surface area contributed by atoms with Gasteiger partial charge in [-0.25, -0.2) is 0 Å². The van der Waals surface area contributed by atoms with Gasteiger partial charge < -0.3 is 14.6 Å². The number of rotatable bonds is 2. The van der Waals surface area contributed by atoms with Crippen LogP contribution >= 0.6 is 0 Å². The van der Waals surface area contributed by atoms with E-state index < -0.39 is 5.60 Å². The van der Waals surface area contributed by atoms with E-state index in [1.165, 1.54) is 14.0 Å². The Kier molecular flexibility index (Phi) is 4.84. The average molecular weight is 393 g/mol. The third-order valence-electron chi connectivity index (χ3n) is 9.62. The maximum absolute atomic E-state index is 12.4. The molecule has 4 saturated carbocycles. The minimum absolute atomic E-state index is 0.0549. The van der Waals surface area contributed by atoms with E-state index in [2.05, 4.69) is 13.8 Å². The van der Waals surface area contributed by atoms with Crippen LogP contribution in [-0.2, 0) is 19.1 Å². The number of fused-ring (bicyclic) bond motifs is 5. The van der Waals surface area contributed by atoms with Crippen LogP contribution in [0, 0.1) is 34.5 Å². The zero-order chi connectivity index (χ0) is 20.3. The van der Waals surface area contributed by atoms with Gasteiger partial charge in [0.15, 0.2) is 0 Å². The van der Waals surface area contributed by atoms with Crippen LogP contribution in [-0.4, -0.2) is 35.9 Å². The van der Waals surface area contributed by atoms with Crippen LogP contribution in [0.1, 0.15) is 78.6 Å². The zero-order valence-electron chi connectivity index (χ0n) is 17.8. The first-order valence-electron chi connectivity index (χ1n) is 11.1. The first kappa shape index (κ1) is 20.2. The molecule has 1 N–H and O–H groups in total. The van der Waals surface area contributed by atoms with Gasteiger partial charge in [-0.1, -0.05) is 13.8 Å². The molecule has 0 amide bonds. The van der Waals surface area contributed by atoms with Gasteiger partial charge >= 0.3 is 11.9 Å². The Balaban J connectivity index is 1.58. The summed E-state index contributed by atoms with van der Waals surface area (Å²) in [5.74, 6) is 0.779. The summed E-state index contributed by atoms with van der Waals surface area (Å²) in [6.07, 6.45) is 8.49. The molecule has 5 heteroatoms. The summed E-state index contributed by atoms with van der Waals surface area (Å²) in [4.78, 5) is 23.8. The first-order chi connectivity index (χ1) is 13.2. The molecule has 0 heterocycles. The minimum atomic E-state index is -0.768. The molecule has 4 fully saturated rings. The highest BCUT2D eigenvalue weighted by molar-refractivity contribution is 5.74. The summed E-state index contributed by atoms with van der Waals surface area (Å²) < 4.78 is 10.6. The van der Waals surface area contributed by atoms with Crippen molar-refractivity contribution >= 4 is 11.9 Å². The largest absolute Gasteiger partial charge is 0.469 e. The van der Waals surface area contributed by atoms with Crippen molar-refractivity contribution in [2.45, 2.75) is 90.3 Å². The molecule has 4 rings (SSSR count). The van der Waals surface area contributed by atoms with Crippen molar-refractivity contribution in [3.05, 3.63) is 0 Å². The fraction of sp³-hybridized carbons (Fsp3) is 0.913. The standard InChI is InChI=1S/C23H36O5/c1-14(24)28-16-7-10-21(2)15(13-16)5-6-18-17(21)8-11-22(3)19(20(25)27-4)9-12-23(18,22)26/h15-19,26H,5-13H2,1-4H3. The van der Waals surface area contributed by atoms with Crippen molar-refractivity contribution in [3.63, 3.8) is 0 Å². The molecule has 28 heavy (non-hydrogen) atoms. The highest BCUT2D eigenvalue weighted by Gasteiger charge is 2.68. The van der Waals surface area contributed by atoms with Crippen LogP contribution in [0.4, 0.5) is 0 Å². The lowest BCUT2D eigenvalue weighted by Crippen LogP contribution is -2.62. The summed E-state index contributed by atoms with van der Waals surface area (Å²) in [5, 5.41) is 12.0. The Morgan fingerprint density at radius 3 is 2.39 bits per heavy atom. The molecule has 0 aromatic carbocycles. The molecular formula is C23H36O5. The summed E-state index contributed by atoms with van der Waals surface area (Å²) in [7, 11) is 1.46. The van der Waals surface area contributed by atoms with Gasteiger partial charge in [-0.3, -0.25) is 9.59 Å². The molecule has 0 aromatic heterocycles. The Labute approximate surface area is 168 Å². The van der Waals surface area contributed by atoms with E-state index in [-0.39, 0.29) is 40.7 Å². The van der Waals surface area contributed by atoms with E-state index in [9.17, 15) is 14.7 Å². The fourth-order valence-electron chi connectivity index (χ4n) is 8.05. The quantitative estimate of drug-likeness (QED) is 0.722. The fourth-order valence-corrected chi connectivity index (χ4v) is 8.05. The number of aliphatic hydroxyl groups is 1. The van der Waals surface area contributed by atoms with Crippen molar-refractivity contribution in [2.24, 2.45) is 34.5 Å². The summed E-state index contributed by atoms with van der Waals surface area (Å²) >= 11 is 0. The van der Waals surface area contributed by atoms with Crippen LogP contribution in [0.25, 0.3) is 0 Å². The number of carbonyl (C=O) groups excluding carboxylic acids is 2. The molecule has 0 saturated heterocycles. The summed E-state index contributed by atoms with van der Waals surface area (Å²) in [6, 6.07) is 0. The number of ether oxygens (including phenoxy) is 2. The Bertz CT molecular complexity index is 661. The third-order valence-corrected chi connectivity index (χ3v) is 9.62. The van der Waals surface area contributed by atoms with Gasteiger partial charge in [-0.05, 0) is 81.0 Å². The smallest absolute Gasteiger partial charge is 0.309 e. The molecule has 0 aromatic rings. The van der Waals surface area contributed by atoms with Crippen LogP contribution in [0.15, 0.2) is 0 Å². The predicted octanol–water partition coefficient (Wildman–Crippen LogP) is 3.86. The maximum Gasteiger partial charge on any atom is 0.309 e. The first-order valence-corrected chi connectivity index (χ1v) is 11.1. The molecule has 0 aliphatic heterocycles. The Morgan fingerprint density at radius 1 is 0.964 bits per heavy atom. The van der Waals surface area contributed by atoms with Gasteiger partial charge in [0.1, 0.15) is 6.10 Å². The minimum Gasteiger partial charge on any atom is -0.469 e. The van der Waals surface area contributed by atoms with Gasteiger partial charge in [0.05, 0.1) is 18.6 Å². The van der Waals surface area contributed by atoms with Crippen molar-refractivity contribution in [1.82, 2.24) is 0 Å². The molecule has 0 radical (unpaired) electrons. The van der Waals surface area contributed by atoms with Crippen LogP contribution < -0.4 is 0 Å². The van der Waals surface area contributed by atoms with Gasteiger partial charge in [0.2, 0.25) is 0 Å². The number of hydrogen-bond acceptors (Lipinski definition) is 5. The monoisotopic (exact) mass is 392 g/mol. The number of methoxy groups -OCH3 is 1. The predicted molar refractivity (Wildman–Crippen MR) is 104 cm³/mol. The highest BCUT2D eigenvalue weighted by atomic mass is 16.5. The lowest BCUT2D eigenvalue weighted by molar-refractivity contribution is -0.214. The number of hydrogen-bond donors (Lipinski definition) is 1. The lowest BCUT2D eigenvalue weighted by Gasteiger charge is -2.63. The SMILES string of the molecule is COC(=O)C1CCC2(O)C3CCC4CC(OC(C)=O)CCC4(C)C3CCC12C. The molecule has 158 valence electrons. The maximum atomic E-state index is 12.4. The van der Waals surface area contributed by atoms with E-state index in [0.717, 1.165) is 51.4 Å². The molecular weight excluding hydrogens is 356 g/mol. The van der Waals surface area contributed by atoms with Crippen molar-refractivity contribution in [1.29, 1.82) is 0 Å². The zero-order valence-corrected chi connectivity index (χ0v) is 17.8. The molecule has 8 unspecified atom stereocenters. The van der Waals surface area contributed by atoms with Crippen LogP contribution in [0.5, 0.6) is 0 Å². The lowest BCUT2D eigenvalue weighted by atomic mass is 9.43. The normalized spacial score (nSPS) is 50.1. The molecule has 0 spiro atoms. The van der Waals surface area contributed by atoms with Crippen LogP contribution in [0.3, 0.4) is 0 Å².